The molecule has 1 unspecified atom stereocenters. The highest BCUT2D eigenvalue weighted by atomic mass is 14.7. The molecule has 2 aromatic rings. The minimum absolute atomic E-state index is 0.120. The summed E-state index contributed by atoms with van der Waals surface area (Å²) in [5.41, 5.74) is 3.71. The number of hydrogen-bond donors (Lipinski definition) is 1. The molecule has 0 fully saturated rings. The maximum atomic E-state index is 8.87. The Morgan fingerprint density at radius 1 is 1.38 bits per heavy atom. The fourth-order valence-corrected chi connectivity index (χ4v) is 2.09. The molecule has 1 aromatic carbocycles. The van der Waals surface area contributed by atoms with Gasteiger partial charge < -0.3 is 4.98 Å². The van der Waals surface area contributed by atoms with E-state index in [4.69, 9.17) is 5.26 Å². The SMILES string of the molecule is N#CC1Cc2ccc3[nH]ccc3c21. The zero-order valence-electron chi connectivity index (χ0n) is 7.04. The van der Waals surface area contributed by atoms with Crippen LogP contribution < -0.4 is 0 Å². The van der Waals surface area contributed by atoms with E-state index in [1.807, 2.05) is 6.20 Å². The largest absolute Gasteiger partial charge is 0.361 e. The lowest BCUT2D eigenvalue weighted by Gasteiger charge is -2.25. The molecular formula is C11H8N2. The second-order valence-electron chi connectivity index (χ2n) is 3.46. The Morgan fingerprint density at radius 3 is 3.15 bits per heavy atom. The van der Waals surface area contributed by atoms with Gasteiger partial charge in [-0.1, -0.05) is 6.07 Å². The fraction of sp³-hybridized carbons (Fsp3) is 0.182. The van der Waals surface area contributed by atoms with E-state index in [0.717, 1.165) is 11.9 Å². The average Bonchev–Trinajstić information content (AvgIpc) is 2.52. The molecule has 1 aliphatic carbocycles. The Balaban J connectivity index is 2.38. The first-order chi connectivity index (χ1) is 6.40. The van der Waals surface area contributed by atoms with Gasteiger partial charge in [-0.2, -0.15) is 5.26 Å². The molecule has 1 atom stereocenters. The number of rotatable bonds is 0. The Morgan fingerprint density at radius 2 is 2.31 bits per heavy atom. The van der Waals surface area contributed by atoms with Crippen molar-refractivity contribution in [2.75, 3.05) is 0 Å². The zero-order valence-corrected chi connectivity index (χ0v) is 7.04. The minimum Gasteiger partial charge on any atom is -0.361 e. The molecule has 0 bridgehead atoms. The quantitative estimate of drug-likeness (QED) is 0.644. The van der Waals surface area contributed by atoms with Crippen molar-refractivity contribution < 1.29 is 0 Å². The molecule has 1 aliphatic rings. The second kappa shape index (κ2) is 2.14. The number of nitrogens with zero attached hydrogens (tertiary/aromatic N) is 1. The second-order valence-corrected chi connectivity index (χ2v) is 3.46. The van der Waals surface area contributed by atoms with Crippen LogP contribution in [-0.2, 0) is 6.42 Å². The standard InChI is InChI=1S/C11H8N2/c12-6-8-5-7-1-2-10-9(11(7)8)3-4-13-10/h1-4,8,13H,5H2. The van der Waals surface area contributed by atoms with Gasteiger partial charge in [-0.05, 0) is 29.7 Å². The van der Waals surface area contributed by atoms with E-state index < -0.39 is 0 Å². The van der Waals surface area contributed by atoms with E-state index in [9.17, 15) is 0 Å². The Kier molecular flexibility index (Phi) is 1.11. The smallest absolute Gasteiger partial charge is 0.0762 e. The highest BCUT2D eigenvalue weighted by molar-refractivity contribution is 5.87. The third-order valence-corrected chi connectivity index (χ3v) is 2.79. The first-order valence-electron chi connectivity index (χ1n) is 4.38. The Bertz CT molecular complexity index is 516. The van der Waals surface area contributed by atoms with Gasteiger partial charge >= 0.3 is 0 Å². The van der Waals surface area contributed by atoms with Gasteiger partial charge in [0.05, 0.1) is 12.0 Å². The number of H-pyrrole nitrogens is 1. The number of hydrogen-bond acceptors (Lipinski definition) is 1. The molecule has 0 radical (unpaired) electrons. The van der Waals surface area contributed by atoms with Crippen molar-refractivity contribution in [1.29, 1.82) is 5.26 Å². The third-order valence-electron chi connectivity index (χ3n) is 2.79. The number of nitriles is 1. The molecule has 0 spiro atoms. The summed E-state index contributed by atoms with van der Waals surface area (Å²) in [5, 5.41) is 10.1. The van der Waals surface area contributed by atoms with Gasteiger partial charge in [0.1, 0.15) is 0 Å². The average molecular weight is 168 g/mol. The van der Waals surface area contributed by atoms with Crippen molar-refractivity contribution >= 4 is 10.9 Å². The summed E-state index contributed by atoms with van der Waals surface area (Å²) in [4.78, 5) is 3.16. The number of aromatic nitrogens is 1. The molecule has 3 rings (SSSR count). The summed E-state index contributed by atoms with van der Waals surface area (Å²) in [5.74, 6) is 0.120. The summed E-state index contributed by atoms with van der Waals surface area (Å²) in [6.07, 6.45) is 2.85. The van der Waals surface area contributed by atoms with Crippen LogP contribution in [0.4, 0.5) is 0 Å². The molecule has 0 amide bonds. The molecular weight excluding hydrogens is 160 g/mol. The van der Waals surface area contributed by atoms with Gasteiger partial charge in [0.2, 0.25) is 0 Å². The van der Waals surface area contributed by atoms with Crippen LogP contribution in [0.2, 0.25) is 0 Å². The van der Waals surface area contributed by atoms with Crippen LogP contribution >= 0.6 is 0 Å². The lowest BCUT2D eigenvalue weighted by Crippen LogP contribution is -2.15. The van der Waals surface area contributed by atoms with Gasteiger partial charge in [0.25, 0.3) is 0 Å². The molecule has 0 aliphatic heterocycles. The molecule has 2 heteroatoms. The lowest BCUT2D eigenvalue weighted by atomic mass is 9.77. The van der Waals surface area contributed by atoms with Gasteiger partial charge in [0.15, 0.2) is 0 Å². The number of fused-ring (bicyclic) bond motifs is 3. The highest BCUT2D eigenvalue weighted by Gasteiger charge is 2.27. The van der Waals surface area contributed by atoms with Crippen LogP contribution in [0.25, 0.3) is 10.9 Å². The summed E-state index contributed by atoms with van der Waals surface area (Å²) in [6, 6.07) is 8.58. The lowest BCUT2D eigenvalue weighted by molar-refractivity contribution is 0.755. The topological polar surface area (TPSA) is 39.6 Å². The van der Waals surface area contributed by atoms with E-state index in [1.54, 1.807) is 0 Å². The zero-order chi connectivity index (χ0) is 8.84. The molecule has 62 valence electrons. The van der Waals surface area contributed by atoms with Crippen molar-refractivity contribution in [3.05, 3.63) is 35.5 Å². The first kappa shape index (κ1) is 6.73. The summed E-state index contributed by atoms with van der Waals surface area (Å²) in [6.45, 7) is 0. The van der Waals surface area contributed by atoms with Crippen LogP contribution in [0.15, 0.2) is 24.4 Å². The molecule has 2 nitrogen and oxygen atoms in total. The van der Waals surface area contributed by atoms with E-state index in [2.05, 4.69) is 29.3 Å². The summed E-state index contributed by atoms with van der Waals surface area (Å²) < 4.78 is 0. The van der Waals surface area contributed by atoms with E-state index in [0.29, 0.717) is 0 Å². The minimum atomic E-state index is 0.120. The van der Waals surface area contributed by atoms with Crippen molar-refractivity contribution in [2.45, 2.75) is 12.3 Å². The molecule has 0 saturated carbocycles. The molecule has 0 saturated heterocycles. The van der Waals surface area contributed by atoms with Crippen LogP contribution in [0, 0.1) is 11.3 Å². The first-order valence-corrected chi connectivity index (χ1v) is 4.38. The van der Waals surface area contributed by atoms with Gasteiger partial charge in [-0.25, -0.2) is 0 Å². The Labute approximate surface area is 75.8 Å². The summed E-state index contributed by atoms with van der Waals surface area (Å²) >= 11 is 0. The number of benzene rings is 1. The molecule has 1 N–H and O–H groups in total. The Hall–Kier alpha value is -1.75. The van der Waals surface area contributed by atoms with Gasteiger partial charge in [-0.15, -0.1) is 0 Å². The predicted octanol–water partition coefficient (Wildman–Crippen LogP) is 2.33. The maximum Gasteiger partial charge on any atom is 0.0762 e. The summed E-state index contributed by atoms with van der Waals surface area (Å²) in [7, 11) is 0. The van der Waals surface area contributed by atoms with Gasteiger partial charge in [-0.3, -0.25) is 0 Å². The van der Waals surface area contributed by atoms with Gasteiger partial charge in [0, 0.05) is 17.1 Å². The fourth-order valence-electron chi connectivity index (χ4n) is 2.09. The molecule has 13 heavy (non-hydrogen) atoms. The van der Waals surface area contributed by atoms with Crippen molar-refractivity contribution in [1.82, 2.24) is 4.98 Å². The van der Waals surface area contributed by atoms with Crippen LogP contribution in [0.3, 0.4) is 0 Å². The van der Waals surface area contributed by atoms with Crippen LogP contribution in [-0.4, -0.2) is 4.98 Å². The van der Waals surface area contributed by atoms with E-state index in [-0.39, 0.29) is 5.92 Å². The van der Waals surface area contributed by atoms with Crippen LogP contribution in [0.1, 0.15) is 17.0 Å². The van der Waals surface area contributed by atoms with Crippen molar-refractivity contribution in [2.24, 2.45) is 0 Å². The van der Waals surface area contributed by atoms with Crippen molar-refractivity contribution in [3.8, 4) is 6.07 Å². The van der Waals surface area contributed by atoms with E-state index >= 15 is 0 Å². The monoisotopic (exact) mass is 168 g/mol. The van der Waals surface area contributed by atoms with E-state index in [1.165, 1.54) is 16.5 Å². The van der Waals surface area contributed by atoms with Crippen LogP contribution in [0.5, 0.6) is 0 Å². The molecule has 1 heterocycles. The molecule has 1 aromatic heterocycles. The normalized spacial score (nSPS) is 19.2. The predicted molar refractivity (Wildman–Crippen MR) is 50.4 cm³/mol. The highest BCUT2D eigenvalue weighted by Crippen LogP contribution is 2.39. The maximum absolute atomic E-state index is 8.87. The number of aromatic amines is 1. The number of nitrogens with one attached hydrogen (secondary N) is 1. The van der Waals surface area contributed by atoms with Crippen molar-refractivity contribution in [3.63, 3.8) is 0 Å². The third kappa shape index (κ3) is 0.714.